The van der Waals surface area contributed by atoms with Crippen molar-refractivity contribution in [2.75, 3.05) is 0 Å². The summed E-state index contributed by atoms with van der Waals surface area (Å²) < 4.78 is 0. The first-order chi connectivity index (χ1) is 10.9. The Bertz CT molecular complexity index is 729. The van der Waals surface area contributed by atoms with Crippen LogP contribution in [0, 0.1) is 5.41 Å². The number of halogens is 1. The van der Waals surface area contributed by atoms with Crippen molar-refractivity contribution in [3.05, 3.63) is 57.2 Å². The van der Waals surface area contributed by atoms with E-state index in [-0.39, 0.29) is 11.9 Å². The predicted octanol–water partition coefficient (Wildman–Crippen LogP) is 5.13. The molecule has 0 saturated carbocycles. The number of rotatable bonds is 2. The third kappa shape index (κ3) is 3.33. The highest BCUT2D eigenvalue weighted by molar-refractivity contribution is 7.10. The Kier molecular flexibility index (Phi) is 4.30. The average molecular weight is 347 g/mol. The van der Waals surface area contributed by atoms with Gasteiger partial charge in [-0.3, -0.25) is 4.79 Å². The molecule has 3 nitrogen and oxygen atoms in total. The largest absolute Gasteiger partial charge is 0.272 e. The topological polar surface area (TPSA) is 32.7 Å². The van der Waals surface area contributed by atoms with Gasteiger partial charge in [-0.25, -0.2) is 5.01 Å². The molecule has 0 aliphatic carbocycles. The third-order valence-corrected chi connectivity index (χ3v) is 5.03. The van der Waals surface area contributed by atoms with E-state index in [0.29, 0.717) is 5.02 Å². The molecule has 0 bridgehead atoms. The molecule has 3 rings (SSSR count). The highest BCUT2D eigenvalue weighted by Gasteiger charge is 2.38. The summed E-state index contributed by atoms with van der Waals surface area (Å²) in [5.41, 5.74) is 1.48. The van der Waals surface area contributed by atoms with Crippen molar-refractivity contribution in [1.29, 1.82) is 0 Å². The SMILES string of the molecule is CC(C)(C)C(=O)N1N=C(c2ccc(Cl)cc2)CC1c1cccs1. The number of carbonyl (C=O) groups excluding carboxylic acids is 1. The second kappa shape index (κ2) is 6.10. The molecule has 0 fully saturated rings. The fourth-order valence-corrected chi connectivity index (χ4v) is 3.50. The summed E-state index contributed by atoms with van der Waals surface area (Å²) in [6.45, 7) is 5.78. The van der Waals surface area contributed by atoms with Gasteiger partial charge in [0.05, 0.1) is 11.8 Å². The van der Waals surface area contributed by atoms with E-state index in [0.717, 1.165) is 22.6 Å². The molecule has 0 radical (unpaired) electrons. The molecule has 0 saturated heterocycles. The maximum atomic E-state index is 12.8. The summed E-state index contributed by atoms with van der Waals surface area (Å²) in [5.74, 6) is 0.0415. The summed E-state index contributed by atoms with van der Waals surface area (Å²) in [6, 6.07) is 11.7. The van der Waals surface area contributed by atoms with E-state index in [1.807, 2.05) is 56.5 Å². The first-order valence-electron chi connectivity index (χ1n) is 7.57. The molecule has 1 aromatic heterocycles. The fraction of sp³-hybridized carbons (Fsp3) is 0.333. The molecule has 120 valence electrons. The molecule has 1 unspecified atom stereocenters. The molecule has 1 amide bonds. The zero-order chi connectivity index (χ0) is 16.6. The summed E-state index contributed by atoms with van der Waals surface area (Å²) in [7, 11) is 0. The zero-order valence-electron chi connectivity index (χ0n) is 13.4. The summed E-state index contributed by atoms with van der Waals surface area (Å²) in [4.78, 5) is 14.0. The van der Waals surface area contributed by atoms with Crippen LogP contribution in [0.25, 0.3) is 0 Å². The minimum absolute atomic E-state index is 0.0209. The number of thiophene rings is 1. The summed E-state index contributed by atoms with van der Waals surface area (Å²) >= 11 is 7.63. The molecule has 0 spiro atoms. The predicted molar refractivity (Wildman–Crippen MR) is 96.0 cm³/mol. The van der Waals surface area contributed by atoms with Crippen molar-refractivity contribution < 1.29 is 4.79 Å². The minimum atomic E-state index is -0.464. The standard InChI is InChI=1S/C18H19ClN2OS/c1-18(2,3)17(22)21-15(16-5-4-10-23-16)11-14(20-21)12-6-8-13(19)9-7-12/h4-10,15H,11H2,1-3H3. The van der Waals surface area contributed by atoms with Crippen LogP contribution in [-0.4, -0.2) is 16.6 Å². The zero-order valence-corrected chi connectivity index (χ0v) is 15.0. The number of hydrogen-bond acceptors (Lipinski definition) is 3. The van der Waals surface area contributed by atoms with Gasteiger partial charge >= 0.3 is 0 Å². The number of amides is 1. The lowest BCUT2D eigenvalue weighted by Crippen LogP contribution is -2.36. The Morgan fingerprint density at radius 1 is 1.26 bits per heavy atom. The average Bonchev–Trinajstić information content (AvgIpc) is 3.15. The fourth-order valence-electron chi connectivity index (χ4n) is 2.56. The van der Waals surface area contributed by atoms with Gasteiger partial charge in [-0.15, -0.1) is 11.3 Å². The van der Waals surface area contributed by atoms with Gasteiger partial charge in [0, 0.05) is 21.7 Å². The van der Waals surface area contributed by atoms with E-state index < -0.39 is 5.41 Å². The van der Waals surface area contributed by atoms with Gasteiger partial charge in [0.2, 0.25) is 5.91 Å². The lowest BCUT2D eigenvalue weighted by atomic mass is 9.94. The third-order valence-electron chi connectivity index (χ3n) is 3.81. The Balaban J connectivity index is 1.97. The highest BCUT2D eigenvalue weighted by Crippen LogP contribution is 2.37. The smallest absolute Gasteiger partial charge is 0.248 e. The van der Waals surface area contributed by atoms with E-state index in [4.69, 9.17) is 11.6 Å². The van der Waals surface area contributed by atoms with Gasteiger partial charge in [0.1, 0.15) is 0 Å². The molecule has 2 heterocycles. The lowest BCUT2D eigenvalue weighted by Gasteiger charge is -2.27. The molecule has 5 heteroatoms. The number of carbonyl (C=O) groups is 1. The Hall–Kier alpha value is -1.65. The molecular formula is C18H19ClN2OS. The van der Waals surface area contributed by atoms with Crippen LogP contribution in [0.5, 0.6) is 0 Å². The molecule has 2 aromatic rings. The van der Waals surface area contributed by atoms with Crippen LogP contribution in [-0.2, 0) is 4.79 Å². The van der Waals surface area contributed by atoms with Gasteiger partial charge in [-0.05, 0) is 29.1 Å². The normalized spacial score (nSPS) is 18.2. The van der Waals surface area contributed by atoms with Crippen LogP contribution < -0.4 is 0 Å². The second-order valence-corrected chi connectivity index (χ2v) is 8.10. The van der Waals surface area contributed by atoms with Crippen LogP contribution in [0.4, 0.5) is 0 Å². The number of benzene rings is 1. The Labute approximate surface area is 145 Å². The van der Waals surface area contributed by atoms with E-state index in [9.17, 15) is 4.79 Å². The molecule has 1 aliphatic heterocycles. The van der Waals surface area contributed by atoms with E-state index >= 15 is 0 Å². The number of hydrazone groups is 1. The number of hydrogen-bond donors (Lipinski definition) is 0. The Morgan fingerprint density at radius 3 is 2.52 bits per heavy atom. The minimum Gasteiger partial charge on any atom is -0.272 e. The van der Waals surface area contributed by atoms with Gasteiger partial charge < -0.3 is 0 Å². The van der Waals surface area contributed by atoms with E-state index in [1.54, 1.807) is 16.3 Å². The summed E-state index contributed by atoms with van der Waals surface area (Å²) in [6.07, 6.45) is 0.726. The van der Waals surface area contributed by atoms with Gasteiger partial charge in [0.25, 0.3) is 0 Å². The monoisotopic (exact) mass is 346 g/mol. The maximum absolute atomic E-state index is 12.8. The molecule has 0 N–H and O–H groups in total. The van der Waals surface area contributed by atoms with E-state index in [2.05, 4.69) is 11.2 Å². The van der Waals surface area contributed by atoms with Crippen molar-refractivity contribution in [2.45, 2.75) is 33.2 Å². The number of nitrogens with zero attached hydrogens (tertiary/aromatic N) is 2. The van der Waals surface area contributed by atoms with E-state index in [1.165, 1.54) is 0 Å². The first-order valence-corrected chi connectivity index (χ1v) is 8.82. The van der Waals surface area contributed by atoms with Crippen molar-refractivity contribution in [2.24, 2.45) is 10.5 Å². The van der Waals surface area contributed by atoms with Crippen LogP contribution in [0.15, 0.2) is 46.9 Å². The van der Waals surface area contributed by atoms with Gasteiger partial charge in [-0.2, -0.15) is 5.10 Å². The van der Waals surface area contributed by atoms with Crippen LogP contribution >= 0.6 is 22.9 Å². The molecular weight excluding hydrogens is 328 g/mol. The van der Waals surface area contributed by atoms with Crippen molar-refractivity contribution in [3.8, 4) is 0 Å². The van der Waals surface area contributed by atoms with Crippen molar-refractivity contribution in [3.63, 3.8) is 0 Å². The van der Waals surface area contributed by atoms with Crippen LogP contribution in [0.2, 0.25) is 5.02 Å². The quantitative estimate of drug-likeness (QED) is 0.742. The molecule has 1 aromatic carbocycles. The maximum Gasteiger partial charge on any atom is 0.248 e. The lowest BCUT2D eigenvalue weighted by molar-refractivity contribution is -0.141. The van der Waals surface area contributed by atoms with Gasteiger partial charge in [-0.1, -0.05) is 50.6 Å². The van der Waals surface area contributed by atoms with Gasteiger partial charge in [0.15, 0.2) is 0 Å². The van der Waals surface area contributed by atoms with Crippen LogP contribution in [0.1, 0.15) is 43.7 Å². The highest BCUT2D eigenvalue weighted by atomic mass is 35.5. The first kappa shape index (κ1) is 16.2. The molecule has 23 heavy (non-hydrogen) atoms. The molecule has 1 aliphatic rings. The Morgan fingerprint density at radius 2 is 1.96 bits per heavy atom. The molecule has 1 atom stereocenters. The van der Waals surface area contributed by atoms with Crippen molar-refractivity contribution >= 4 is 34.6 Å². The summed E-state index contributed by atoms with van der Waals surface area (Å²) in [5, 5.41) is 9.05. The van der Waals surface area contributed by atoms with Crippen LogP contribution in [0.3, 0.4) is 0 Å². The second-order valence-electron chi connectivity index (χ2n) is 6.69. The van der Waals surface area contributed by atoms with Crippen molar-refractivity contribution in [1.82, 2.24) is 5.01 Å².